The highest BCUT2D eigenvalue weighted by Gasteiger charge is 2.46. The van der Waals surface area contributed by atoms with E-state index in [0.717, 1.165) is 50.5 Å². The highest BCUT2D eigenvalue weighted by molar-refractivity contribution is 6.00. The van der Waals surface area contributed by atoms with Gasteiger partial charge in [0.15, 0.2) is 5.65 Å². The Balaban J connectivity index is 0.776. The number of carbonyl (C=O) groups excluding carboxylic acids is 2. The number of nitrogens with zero attached hydrogens (tertiary/aromatic N) is 7. The molecule has 12 nitrogen and oxygen atoms in total. The van der Waals surface area contributed by atoms with Gasteiger partial charge in [-0.05, 0) is 97.7 Å². The number of anilines is 2. The molecule has 5 aliphatic heterocycles. The summed E-state index contributed by atoms with van der Waals surface area (Å²) in [6, 6.07) is 24.2. The molecule has 6 unspecified atom stereocenters. The normalized spacial score (nSPS) is 26.8. The van der Waals surface area contributed by atoms with Crippen LogP contribution in [0.3, 0.4) is 0 Å². The van der Waals surface area contributed by atoms with Gasteiger partial charge in [0.05, 0.1) is 17.5 Å². The molecule has 5 fully saturated rings. The highest BCUT2D eigenvalue weighted by Crippen LogP contribution is 2.42. The second-order valence-corrected chi connectivity index (χ2v) is 15.9. The van der Waals surface area contributed by atoms with Gasteiger partial charge in [0.2, 0.25) is 11.8 Å². The Morgan fingerprint density at radius 1 is 0.873 bits per heavy atom. The number of ether oxygens (including phenoxy) is 1. The number of benzene rings is 3. The molecular weight excluding hydrogens is 698 g/mol. The summed E-state index contributed by atoms with van der Waals surface area (Å²) in [6.45, 7) is 4.32. The second kappa shape index (κ2) is 13.7. The topological polar surface area (TPSA) is 135 Å². The number of amides is 2. The maximum atomic E-state index is 16.3. The van der Waals surface area contributed by atoms with E-state index in [4.69, 9.17) is 15.6 Å². The number of fused-ring (bicyclic) bond motifs is 4. The standard InChI is InChI=1S/C42H44FN9O3/c43-34-16-25(19-49-22-30-18-31(23-49)51(30)29-10-7-27-20-50(21-28(27)17-29)36-14-15-37(53)47-42(36)54)6-13-35(34)52-41-38(40(44)45-24-46-41)39(48-52)26-8-11-33(12-9-26)55-32-4-2-1-3-5-32/h1-5,7-12,17,24-25,30-31,34-36H,6,13-16,18-23H2,(H2,44,45,46)(H,47,53,54). The zero-order valence-electron chi connectivity index (χ0n) is 30.6. The molecule has 3 N–H and O–H groups in total. The first-order valence-electron chi connectivity index (χ1n) is 19.5. The summed E-state index contributed by atoms with van der Waals surface area (Å²) >= 11 is 0. The average molecular weight is 742 g/mol. The van der Waals surface area contributed by atoms with Crippen molar-refractivity contribution in [2.24, 2.45) is 5.92 Å². The number of carbonyl (C=O) groups is 2. The van der Waals surface area contributed by atoms with Crippen molar-refractivity contribution in [2.45, 2.75) is 82.0 Å². The van der Waals surface area contributed by atoms with Crippen LogP contribution < -0.4 is 20.7 Å². The molecule has 6 aliphatic rings. The molecule has 0 radical (unpaired) electrons. The summed E-state index contributed by atoms with van der Waals surface area (Å²) in [5.74, 6) is 1.70. The lowest BCUT2D eigenvalue weighted by Gasteiger charge is -2.58. The fourth-order valence-electron chi connectivity index (χ4n) is 9.81. The first-order chi connectivity index (χ1) is 26.8. The monoisotopic (exact) mass is 741 g/mol. The zero-order valence-corrected chi connectivity index (χ0v) is 30.6. The number of aromatic nitrogens is 4. The molecule has 3 aromatic carbocycles. The Morgan fingerprint density at radius 3 is 2.44 bits per heavy atom. The number of piperidine rings is 2. The van der Waals surface area contributed by atoms with Crippen LogP contribution in [0, 0.1) is 5.92 Å². The SMILES string of the molecule is Nc1ncnc2c1c(-c1ccc(Oc3ccccc3)cc1)nn2C1CCC(CN2CC3CC(C2)N3c2ccc3c(c2)CN(C2CCC(=O)NC2=O)C3)CC1F. The third kappa shape index (κ3) is 6.28. The smallest absolute Gasteiger partial charge is 0.243 e. The lowest BCUT2D eigenvalue weighted by Crippen LogP contribution is -2.69. The van der Waals surface area contributed by atoms with Crippen molar-refractivity contribution < 1.29 is 18.7 Å². The number of para-hydroxylation sites is 1. The van der Waals surface area contributed by atoms with Gasteiger partial charge in [-0.25, -0.2) is 19.0 Å². The number of imide groups is 1. The van der Waals surface area contributed by atoms with Crippen molar-refractivity contribution in [2.75, 3.05) is 30.3 Å². The fraction of sp³-hybridized carbons (Fsp3) is 0.405. The summed E-state index contributed by atoms with van der Waals surface area (Å²) in [4.78, 5) is 40.3. The summed E-state index contributed by atoms with van der Waals surface area (Å²) < 4.78 is 24.0. The summed E-state index contributed by atoms with van der Waals surface area (Å²) in [5, 5.41) is 8.11. The van der Waals surface area contributed by atoms with Crippen LogP contribution in [-0.2, 0) is 22.7 Å². The molecule has 2 bridgehead atoms. The van der Waals surface area contributed by atoms with Crippen LogP contribution in [0.25, 0.3) is 22.3 Å². The van der Waals surface area contributed by atoms with E-state index in [-0.39, 0.29) is 23.8 Å². The van der Waals surface area contributed by atoms with E-state index in [1.54, 1.807) is 4.68 Å². The minimum atomic E-state index is -1.06. The lowest BCUT2D eigenvalue weighted by atomic mass is 9.82. The molecule has 282 valence electrons. The van der Waals surface area contributed by atoms with Crippen LogP contribution in [0.1, 0.15) is 55.7 Å². The van der Waals surface area contributed by atoms with Crippen LogP contribution in [0.2, 0.25) is 0 Å². The van der Waals surface area contributed by atoms with E-state index in [9.17, 15) is 9.59 Å². The van der Waals surface area contributed by atoms with E-state index >= 15 is 4.39 Å². The van der Waals surface area contributed by atoms with Crippen molar-refractivity contribution in [3.05, 3.63) is 90.3 Å². The Kier molecular flexibility index (Phi) is 8.51. The molecule has 55 heavy (non-hydrogen) atoms. The first-order valence-corrected chi connectivity index (χ1v) is 19.5. The number of piperazine rings is 1. The summed E-state index contributed by atoms with van der Waals surface area (Å²) in [6.07, 6.45) is 4.59. The molecule has 4 saturated heterocycles. The Bertz CT molecular complexity index is 2250. The summed E-state index contributed by atoms with van der Waals surface area (Å²) in [5.41, 5.74) is 12.2. The Morgan fingerprint density at radius 2 is 1.65 bits per heavy atom. The molecule has 6 atom stereocenters. The molecule has 1 aliphatic carbocycles. The van der Waals surface area contributed by atoms with Gasteiger partial charge in [-0.1, -0.05) is 24.3 Å². The number of rotatable bonds is 8. The lowest BCUT2D eigenvalue weighted by molar-refractivity contribution is -0.137. The maximum Gasteiger partial charge on any atom is 0.243 e. The average Bonchev–Trinajstić information content (AvgIpc) is 3.78. The molecule has 7 heterocycles. The first kappa shape index (κ1) is 34.1. The van der Waals surface area contributed by atoms with Gasteiger partial charge in [0.1, 0.15) is 35.5 Å². The van der Waals surface area contributed by atoms with Gasteiger partial charge in [-0.3, -0.25) is 24.7 Å². The molecule has 2 amide bonds. The Hall–Kier alpha value is -5.40. The van der Waals surface area contributed by atoms with Crippen LogP contribution >= 0.6 is 0 Å². The fourth-order valence-corrected chi connectivity index (χ4v) is 9.81. The Labute approximate surface area is 318 Å². The van der Waals surface area contributed by atoms with Gasteiger partial charge in [0, 0.05) is 62.5 Å². The van der Waals surface area contributed by atoms with E-state index in [2.05, 4.69) is 48.2 Å². The van der Waals surface area contributed by atoms with Crippen LogP contribution in [-0.4, -0.2) is 85.3 Å². The third-order valence-electron chi connectivity index (χ3n) is 12.5. The van der Waals surface area contributed by atoms with E-state index in [1.807, 2.05) is 54.6 Å². The molecule has 5 aromatic rings. The largest absolute Gasteiger partial charge is 0.457 e. The van der Waals surface area contributed by atoms with Crippen LogP contribution in [0.5, 0.6) is 11.5 Å². The van der Waals surface area contributed by atoms with E-state index in [1.165, 1.54) is 29.6 Å². The summed E-state index contributed by atoms with van der Waals surface area (Å²) in [7, 11) is 0. The van der Waals surface area contributed by atoms with Crippen molar-refractivity contribution >= 4 is 34.4 Å². The molecule has 1 saturated carbocycles. The number of nitrogens with two attached hydrogens (primary N) is 1. The minimum Gasteiger partial charge on any atom is -0.457 e. The predicted octanol–water partition coefficient (Wildman–Crippen LogP) is 5.63. The van der Waals surface area contributed by atoms with Crippen molar-refractivity contribution in [1.82, 2.24) is 34.9 Å². The molecule has 0 spiro atoms. The third-order valence-corrected chi connectivity index (χ3v) is 12.5. The molecule has 2 aromatic heterocycles. The van der Waals surface area contributed by atoms with Gasteiger partial charge in [-0.15, -0.1) is 0 Å². The number of nitrogens with one attached hydrogen (secondary N) is 1. The number of alkyl halides is 1. The van der Waals surface area contributed by atoms with Gasteiger partial charge >= 0.3 is 0 Å². The minimum absolute atomic E-state index is 0.175. The number of halogens is 1. The second-order valence-electron chi connectivity index (χ2n) is 15.9. The molecule has 11 rings (SSSR count). The van der Waals surface area contributed by atoms with E-state index in [0.29, 0.717) is 66.1 Å². The van der Waals surface area contributed by atoms with Crippen molar-refractivity contribution in [3.63, 3.8) is 0 Å². The molecule has 13 heteroatoms. The van der Waals surface area contributed by atoms with Gasteiger partial charge in [-0.2, -0.15) is 5.10 Å². The van der Waals surface area contributed by atoms with Crippen molar-refractivity contribution in [3.8, 4) is 22.8 Å². The number of hydrogen-bond acceptors (Lipinski definition) is 10. The van der Waals surface area contributed by atoms with Crippen LogP contribution in [0.15, 0.2) is 79.1 Å². The maximum absolute atomic E-state index is 16.3. The van der Waals surface area contributed by atoms with Gasteiger partial charge < -0.3 is 15.4 Å². The number of nitrogen functional groups attached to an aromatic ring is 1. The highest BCUT2D eigenvalue weighted by atomic mass is 19.1. The van der Waals surface area contributed by atoms with Gasteiger partial charge in [0.25, 0.3) is 0 Å². The van der Waals surface area contributed by atoms with E-state index < -0.39 is 12.2 Å². The van der Waals surface area contributed by atoms with Crippen molar-refractivity contribution in [1.29, 1.82) is 0 Å². The zero-order chi connectivity index (χ0) is 37.2. The number of hydrogen-bond donors (Lipinski definition) is 2. The predicted molar refractivity (Wildman–Crippen MR) is 206 cm³/mol. The van der Waals surface area contributed by atoms with Crippen LogP contribution in [0.4, 0.5) is 15.9 Å². The molecular formula is C42H44FN9O3. The quantitative estimate of drug-likeness (QED) is 0.193.